The van der Waals surface area contributed by atoms with Gasteiger partial charge in [0.15, 0.2) is 5.78 Å². The number of nitrogens with zero attached hydrogens (tertiary/aromatic N) is 1. The number of hydrogen-bond donors (Lipinski definition) is 1. The molecule has 0 bridgehead atoms. The van der Waals surface area contributed by atoms with E-state index in [9.17, 15) is 9.59 Å². The summed E-state index contributed by atoms with van der Waals surface area (Å²) in [6.07, 6.45) is 2.64. The smallest absolute Gasteiger partial charge is 0.412 e. The molecular weight excluding hydrogens is 284 g/mol. The molecule has 0 atom stereocenters. The fraction of sp³-hybridized carbons (Fsp3) is 0.188. The number of methoxy groups -OCH3 is 1. The first-order valence-electron chi connectivity index (χ1n) is 6.62. The Hall–Kier alpha value is -2.89. The number of aromatic nitrogens is 1. The van der Waals surface area contributed by atoms with Gasteiger partial charge in [0, 0.05) is 18.0 Å². The van der Waals surface area contributed by atoms with Crippen molar-refractivity contribution in [1.82, 2.24) is 4.98 Å². The molecule has 0 aliphatic heterocycles. The van der Waals surface area contributed by atoms with E-state index in [1.54, 1.807) is 42.7 Å². The predicted octanol–water partition coefficient (Wildman–Crippen LogP) is 3.04. The van der Waals surface area contributed by atoms with Crippen LogP contribution in [0, 0.1) is 0 Å². The van der Waals surface area contributed by atoms with Crippen LogP contribution in [0.1, 0.15) is 22.8 Å². The maximum Gasteiger partial charge on any atom is 0.412 e. The van der Waals surface area contributed by atoms with Crippen molar-refractivity contribution in [3.05, 3.63) is 53.9 Å². The topological polar surface area (TPSA) is 77.5 Å². The fourth-order valence-electron chi connectivity index (χ4n) is 1.79. The summed E-state index contributed by atoms with van der Waals surface area (Å²) in [7, 11) is 1.47. The van der Waals surface area contributed by atoms with Crippen LogP contribution >= 0.6 is 0 Å². The third-order valence-corrected chi connectivity index (χ3v) is 2.96. The van der Waals surface area contributed by atoms with Gasteiger partial charge in [0.05, 0.1) is 12.8 Å². The van der Waals surface area contributed by atoms with Crippen molar-refractivity contribution < 1.29 is 19.1 Å². The Morgan fingerprint density at radius 3 is 2.55 bits per heavy atom. The van der Waals surface area contributed by atoms with Gasteiger partial charge >= 0.3 is 6.09 Å². The van der Waals surface area contributed by atoms with Gasteiger partial charge in [-0.1, -0.05) is 0 Å². The van der Waals surface area contributed by atoms with Crippen LogP contribution in [-0.2, 0) is 11.3 Å². The monoisotopic (exact) mass is 300 g/mol. The van der Waals surface area contributed by atoms with Crippen LogP contribution in [0.4, 0.5) is 10.5 Å². The molecule has 0 aliphatic carbocycles. The van der Waals surface area contributed by atoms with Gasteiger partial charge < -0.3 is 9.47 Å². The highest BCUT2D eigenvalue weighted by atomic mass is 16.5. The largest absolute Gasteiger partial charge is 0.495 e. The molecule has 1 aromatic carbocycles. The summed E-state index contributed by atoms with van der Waals surface area (Å²) in [4.78, 5) is 27.0. The normalized spacial score (nSPS) is 9.91. The Morgan fingerprint density at radius 2 is 1.91 bits per heavy atom. The van der Waals surface area contributed by atoms with Crippen LogP contribution in [0.2, 0.25) is 0 Å². The lowest BCUT2D eigenvalue weighted by Crippen LogP contribution is -2.14. The number of amides is 1. The quantitative estimate of drug-likeness (QED) is 0.859. The van der Waals surface area contributed by atoms with E-state index in [-0.39, 0.29) is 12.4 Å². The molecule has 0 unspecified atom stereocenters. The average molecular weight is 300 g/mol. The molecule has 0 saturated heterocycles. The maximum atomic E-state index is 11.8. The minimum atomic E-state index is -0.606. The first-order valence-corrected chi connectivity index (χ1v) is 6.62. The van der Waals surface area contributed by atoms with Crippen molar-refractivity contribution in [1.29, 1.82) is 0 Å². The fourth-order valence-corrected chi connectivity index (χ4v) is 1.79. The average Bonchev–Trinajstić information content (AvgIpc) is 2.54. The van der Waals surface area contributed by atoms with Crippen LogP contribution in [0.5, 0.6) is 5.75 Å². The van der Waals surface area contributed by atoms with Crippen LogP contribution < -0.4 is 10.1 Å². The zero-order valence-electron chi connectivity index (χ0n) is 12.3. The van der Waals surface area contributed by atoms with Crippen molar-refractivity contribution in [3.63, 3.8) is 0 Å². The van der Waals surface area contributed by atoms with E-state index in [0.717, 1.165) is 5.56 Å². The zero-order chi connectivity index (χ0) is 15.9. The van der Waals surface area contributed by atoms with Gasteiger partial charge in [0.25, 0.3) is 0 Å². The third kappa shape index (κ3) is 4.05. The zero-order valence-corrected chi connectivity index (χ0v) is 12.3. The number of ether oxygens (including phenoxy) is 2. The second-order valence-corrected chi connectivity index (χ2v) is 4.53. The summed E-state index contributed by atoms with van der Waals surface area (Å²) in [5, 5.41) is 2.58. The van der Waals surface area contributed by atoms with Gasteiger partial charge in [-0.15, -0.1) is 0 Å². The van der Waals surface area contributed by atoms with Gasteiger partial charge in [-0.2, -0.15) is 0 Å². The number of rotatable bonds is 5. The molecule has 0 spiro atoms. The summed E-state index contributed by atoms with van der Waals surface area (Å²) < 4.78 is 10.3. The second kappa shape index (κ2) is 7.21. The van der Waals surface area contributed by atoms with E-state index in [2.05, 4.69) is 10.3 Å². The number of carbonyl (C=O) groups is 2. The molecule has 0 fully saturated rings. The van der Waals surface area contributed by atoms with E-state index in [4.69, 9.17) is 9.47 Å². The van der Waals surface area contributed by atoms with E-state index in [0.29, 0.717) is 17.0 Å². The van der Waals surface area contributed by atoms with Crippen molar-refractivity contribution in [3.8, 4) is 5.75 Å². The first kappa shape index (κ1) is 15.5. The molecule has 22 heavy (non-hydrogen) atoms. The molecule has 0 aliphatic rings. The molecular formula is C16H16N2O4. The molecule has 2 aromatic rings. The predicted molar refractivity (Wildman–Crippen MR) is 81.0 cm³/mol. The number of benzene rings is 1. The van der Waals surface area contributed by atoms with Crippen LogP contribution in [0.3, 0.4) is 0 Å². The van der Waals surface area contributed by atoms with E-state index >= 15 is 0 Å². The standard InChI is InChI=1S/C16H16N2O4/c1-11(19)13-3-4-14(15(9-13)21-2)18-16(20)22-10-12-5-7-17-8-6-12/h3-9H,10H2,1-2H3,(H,18,20). The van der Waals surface area contributed by atoms with Crippen LogP contribution in [0.15, 0.2) is 42.7 Å². The summed E-state index contributed by atoms with van der Waals surface area (Å²) >= 11 is 0. The highest BCUT2D eigenvalue weighted by molar-refractivity contribution is 5.96. The Bertz CT molecular complexity index is 671. The number of carbonyl (C=O) groups excluding carboxylic acids is 2. The lowest BCUT2D eigenvalue weighted by Gasteiger charge is -2.11. The number of pyridine rings is 1. The first-order chi connectivity index (χ1) is 10.6. The van der Waals surface area contributed by atoms with Crippen molar-refractivity contribution in [2.24, 2.45) is 0 Å². The van der Waals surface area contributed by atoms with E-state index in [1.807, 2.05) is 0 Å². The minimum Gasteiger partial charge on any atom is -0.495 e. The van der Waals surface area contributed by atoms with Gasteiger partial charge in [-0.25, -0.2) is 4.79 Å². The highest BCUT2D eigenvalue weighted by Crippen LogP contribution is 2.26. The maximum absolute atomic E-state index is 11.8. The van der Waals surface area contributed by atoms with Crippen LogP contribution in [0.25, 0.3) is 0 Å². The molecule has 0 radical (unpaired) electrons. The summed E-state index contributed by atoms with van der Waals surface area (Å²) in [6, 6.07) is 8.30. The number of anilines is 1. The molecule has 1 aromatic heterocycles. The molecule has 114 valence electrons. The Labute approximate surface area is 128 Å². The number of hydrogen-bond acceptors (Lipinski definition) is 5. The second-order valence-electron chi connectivity index (χ2n) is 4.53. The Morgan fingerprint density at radius 1 is 1.18 bits per heavy atom. The third-order valence-electron chi connectivity index (χ3n) is 2.96. The number of Topliss-reactive ketones (excluding diaryl/α,β-unsaturated/α-hetero) is 1. The lowest BCUT2D eigenvalue weighted by atomic mass is 10.1. The summed E-state index contributed by atoms with van der Waals surface area (Å²) in [5.41, 5.74) is 1.78. The van der Waals surface area contributed by atoms with Gasteiger partial charge in [-0.05, 0) is 42.8 Å². The molecule has 1 N–H and O–H groups in total. The molecule has 2 rings (SSSR count). The molecule has 6 heteroatoms. The molecule has 1 amide bonds. The van der Waals surface area contributed by atoms with Crippen molar-refractivity contribution in [2.75, 3.05) is 12.4 Å². The molecule has 1 heterocycles. The van der Waals surface area contributed by atoms with Crippen LogP contribution in [-0.4, -0.2) is 24.0 Å². The number of ketones is 1. The number of nitrogens with one attached hydrogen (secondary N) is 1. The summed E-state index contributed by atoms with van der Waals surface area (Å²) in [5.74, 6) is 0.318. The minimum absolute atomic E-state index is 0.0786. The molecule has 0 saturated carbocycles. The van der Waals surface area contributed by atoms with E-state index in [1.165, 1.54) is 14.0 Å². The summed E-state index contributed by atoms with van der Waals surface area (Å²) in [6.45, 7) is 1.60. The Balaban J connectivity index is 2.00. The van der Waals surface area contributed by atoms with Crippen molar-refractivity contribution >= 4 is 17.6 Å². The molecule has 6 nitrogen and oxygen atoms in total. The van der Waals surface area contributed by atoms with E-state index < -0.39 is 6.09 Å². The Kier molecular flexibility index (Phi) is 5.08. The lowest BCUT2D eigenvalue weighted by molar-refractivity contribution is 0.101. The van der Waals surface area contributed by atoms with Gasteiger partial charge in [0.1, 0.15) is 12.4 Å². The van der Waals surface area contributed by atoms with Gasteiger partial charge in [0.2, 0.25) is 0 Å². The SMILES string of the molecule is COc1cc(C(C)=O)ccc1NC(=O)OCc1ccncc1. The highest BCUT2D eigenvalue weighted by Gasteiger charge is 2.11. The van der Waals surface area contributed by atoms with Crippen molar-refractivity contribution in [2.45, 2.75) is 13.5 Å². The van der Waals surface area contributed by atoms with Gasteiger partial charge in [-0.3, -0.25) is 15.1 Å².